The fourth-order valence-corrected chi connectivity index (χ4v) is 2.98. The SMILES string of the molecule is COCCNCc1ccc(Cl)cc1N1CCCC(CO)C1. The smallest absolute Gasteiger partial charge is 0.0587 e. The lowest BCUT2D eigenvalue weighted by molar-refractivity contribution is 0.199. The van der Waals surface area contributed by atoms with Crippen LogP contribution in [0, 0.1) is 5.92 Å². The highest BCUT2D eigenvalue weighted by atomic mass is 35.5. The van der Waals surface area contributed by atoms with Crippen LogP contribution in [0.1, 0.15) is 18.4 Å². The van der Waals surface area contributed by atoms with Crippen LogP contribution in [0.3, 0.4) is 0 Å². The first-order chi connectivity index (χ1) is 10.2. The Morgan fingerprint density at radius 1 is 1.48 bits per heavy atom. The van der Waals surface area contributed by atoms with Crippen molar-refractivity contribution in [2.75, 3.05) is 44.9 Å². The summed E-state index contributed by atoms with van der Waals surface area (Å²) in [4.78, 5) is 2.35. The van der Waals surface area contributed by atoms with E-state index in [1.165, 1.54) is 11.3 Å². The van der Waals surface area contributed by atoms with Gasteiger partial charge in [-0.25, -0.2) is 0 Å². The lowest BCUT2D eigenvalue weighted by Gasteiger charge is -2.35. The molecular weight excluding hydrogens is 288 g/mol. The number of hydrogen-bond donors (Lipinski definition) is 2. The molecule has 1 saturated heterocycles. The lowest BCUT2D eigenvalue weighted by Crippen LogP contribution is -2.37. The number of hydrogen-bond acceptors (Lipinski definition) is 4. The third-order valence-electron chi connectivity index (χ3n) is 3.96. The second-order valence-electron chi connectivity index (χ2n) is 5.58. The molecule has 4 nitrogen and oxygen atoms in total. The topological polar surface area (TPSA) is 44.7 Å². The maximum Gasteiger partial charge on any atom is 0.0587 e. The largest absolute Gasteiger partial charge is 0.396 e. The zero-order valence-corrected chi connectivity index (χ0v) is 13.4. The zero-order valence-electron chi connectivity index (χ0n) is 12.6. The number of rotatable bonds is 7. The van der Waals surface area contributed by atoms with E-state index in [0.717, 1.165) is 44.0 Å². The van der Waals surface area contributed by atoms with E-state index in [1.54, 1.807) is 7.11 Å². The fraction of sp³-hybridized carbons (Fsp3) is 0.625. The van der Waals surface area contributed by atoms with Gasteiger partial charge in [0.15, 0.2) is 0 Å². The minimum absolute atomic E-state index is 0.262. The molecule has 1 aromatic rings. The Kier molecular flexibility index (Phi) is 6.77. The van der Waals surface area contributed by atoms with E-state index in [0.29, 0.717) is 12.5 Å². The molecule has 0 bridgehead atoms. The average molecular weight is 313 g/mol. The van der Waals surface area contributed by atoms with Crippen molar-refractivity contribution in [2.24, 2.45) is 5.92 Å². The maximum atomic E-state index is 9.40. The molecule has 0 radical (unpaired) electrons. The van der Waals surface area contributed by atoms with Gasteiger partial charge in [-0.05, 0) is 36.5 Å². The summed E-state index contributed by atoms with van der Waals surface area (Å²) in [6, 6.07) is 6.06. The molecule has 1 fully saturated rings. The highest BCUT2D eigenvalue weighted by molar-refractivity contribution is 6.30. The molecule has 0 aromatic heterocycles. The van der Waals surface area contributed by atoms with Gasteiger partial charge in [-0.2, -0.15) is 0 Å². The Bertz CT molecular complexity index is 442. The number of nitrogens with zero attached hydrogens (tertiary/aromatic N) is 1. The number of aliphatic hydroxyl groups excluding tert-OH is 1. The predicted molar refractivity (Wildman–Crippen MR) is 87.1 cm³/mol. The number of halogens is 1. The van der Waals surface area contributed by atoms with E-state index in [1.807, 2.05) is 12.1 Å². The van der Waals surface area contributed by atoms with Gasteiger partial charge in [0, 0.05) is 50.6 Å². The molecule has 2 N–H and O–H groups in total. The fourth-order valence-electron chi connectivity index (χ4n) is 2.81. The van der Waals surface area contributed by atoms with Crippen LogP contribution in [0.2, 0.25) is 5.02 Å². The number of nitrogens with one attached hydrogen (secondary N) is 1. The van der Waals surface area contributed by atoms with Crippen molar-refractivity contribution in [3.63, 3.8) is 0 Å². The van der Waals surface area contributed by atoms with E-state index in [-0.39, 0.29) is 6.61 Å². The number of aliphatic hydroxyl groups is 1. The highest BCUT2D eigenvalue weighted by Gasteiger charge is 2.21. The summed E-state index contributed by atoms with van der Waals surface area (Å²) in [7, 11) is 1.71. The minimum Gasteiger partial charge on any atom is -0.396 e. The Morgan fingerprint density at radius 2 is 2.33 bits per heavy atom. The standard InChI is InChI=1S/C16H25ClN2O2/c1-21-8-6-18-10-14-4-5-15(17)9-16(14)19-7-2-3-13(11-19)12-20/h4-5,9,13,18,20H,2-3,6-8,10-12H2,1H3. The molecular formula is C16H25ClN2O2. The second-order valence-corrected chi connectivity index (χ2v) is 6.02. The third-order valence-corrected chi connectivity index (χ3v) is 4.20. The number of benzene rings is 1. The summed E-state index contributed by atoms with van der Waals surface area (Å²) in [5, 5.41) is 13.5. The monoisotopic (exact) mass is 312 g/mol. The molecule has 1 aliphatic heterocycles. The summed E-state index contributed by atoms with van der Waals surface area (Å²) < 4.78 is 5.05. The van der Waals surface area contributed by atoms with Crippen LogP contribution >= 0.6 is 11.6 Å². The first-order valence-electron chi connectivity index (χ1n) is 7.58. The van der Waals surface area contributed by atoms with Crippen molar-refractivity contribution in [3.05, 3.63) is 28.8 Å². The van der Waals surface area contributed by atoms with E-state index in [4.69, 9.17) is 16.3 Å². The van der Waals surface area contributed by atoms with Crippen LogP contribution in [-0.2, 0) is 11.3 Å². The first kappa shape index (κ1) is 16.6. The molecule has 0 amide bonds. The highest BCUT2D eigenvalue weighted by Crippen LogP contribution is 2.29. The van der Waals surface area contributed by atoms with Crippen molar-refractivity contribution in [3.8, 4) is 0 Å². The molecule has 1 aliphatic rings. The Morgan fingerprint density at radius 3 is 3.10 bits per heavy atom. The zero-order chi connectivity index (χ0) is 15.1. The Labute approximate surface area is 132 Å². The first-order valence-corrected chi connectivity index (χ1v) is 7.96. The van der Waals surface area contributed by atoms with Gasteiger partial charge in [-0.15, -0.1) is 0 Å². The van der Waals surface area contributed by atoms with Crippen molar-refractivity contribution in [2.45, 2.75) is 19.4 Å². The molecule has 0 aliphatic carbocycles. The molecule has 1 aromatic carbocycles. The van der Waals surface area contributed by atoms with E-state index in [2.05, 4.69) is 16.3 Å². The quantitative estimate of drug-likeness (QED) is 0.758. The number of piperidine rings is 1. The van der Waals surface area contributed by atoms with Crippen LogP contribution in [0.15, 0.2) is 18.2 Å². The second kappa shape index (κ2) is 8.59. The van der Waals surface area contributed by atoms with Gasteiger partial charge in [-0.1, -0.05) is 17.7 Å². The van der Waals surface area contributed by atoms with Crippen molar-refractivity contribution in [1.82, 2.24) is 5.32 Å². The van der Waals surface area contributed by atoms with Gasteiger partial charge in [0.2, 0.25) is 0 Å². The Hall–Kier alpha value is -0.810. The Balaban J connectivity index is 2.07. The van der Waals surface area contributed by atoms with Gasteiger partial charge in [0.05, 0.1) is 6.61 Å². The normalized spacial score (nSPS) is 19.0. The van der Waals surface area contributed by atoms with Crippen molar-refractivity contribution in [1.29, 1.82) is 0 Å². The predicted octanol–water partition coefficient (Wildman–Crippen LogP) is 2.28. The molecule has 0 spiro atoms. The molecule has 1 unspecified atom stereocenters. The van der Waals surface area contributed by atoms with E-state index >= 15 is 0 Å². The molecule has 21 heavy (non-hydrogen) atoms. The summed E-state index contributed by atoms with van der Waals surface area (Å²) in [5.74, 6) is 0.368. The molecule has 2 rings (SSSR count). The summed E-state index contributed by atoms with van der Waals surface area (Å²) in [5.41, 5.74) is 2.43. The average Bonchev–Trinajstić information content (AvgIpc) is 2.52. The van der Waals surface area contributed by atoms with Crippen molar-refractivity contribution >= 4 is 17.3 Å². The summed E-state index contributed by atoms with van der Waals surface area (Å²) >= 11 is 6.17. The molecule has 0 saturated carbocycles. The third kappa shape index (κ3) is 4.85. The lowest BCUT2D eigenvalue weighted by atomic mass is 9.97. The van der Waals surface area contributed by atoms with Crippen LogP contribution in [0.5, 0.6) is 0 Å². The number of anilines is 1. The van der Waals surface area contributed by atoms with Crippen LogP contribution in [0.25, 0.3) is 0 Å². The number of ether oxygens (including phenoxy) is 1. The van der Waals surface area contributed by atoms with Gasteiger partial charge >= 0.3 is 0 Å². The molecule has 118 valence electrons. The van der Waals surface area contributed by atoms with Crippen LogP contribution in [0.4, 0.5) is 5.69 Å². The summed E-state index contributed by atoms with van der Waals surface area (Å²) in [6.45, 7) is 4.54. The van der Waals surface area contributed by atoms with Gasteiger partial charge in [-0.3, -0.25) is 0 Å². The molecule has 5 heteroatoms. The summed E-state index contributed by atoms with van der Waals surface area (Å²) in [6.07, 6.45) is 2.23. The molecule has 1 heterocycles. The van der Waals surface area contributed by atoms with Gasteiger partial charge < -0.3 is 20.1 Å². The van der Waals surface area contributed by atoms with E-state index in [9.17, 15) is 5.11 Å². The minimum atomic E-state index is 0.262. The number of methoxy groups -OCH3 is 1. The van der Waals surface area contributed by atoms with Gasteiger partial charge in [0.1, 0.15) is 0 Å². The van der Waals surface area contributed by atoms with Gasteiger partial charge in [0.25, 0.3) is 0 Å². The maximum absolute atomic E-state index is 9.40. The molecule has 1 atom stereocenters. The van der Waals surface area contributed by atoms with Crippen LogP contribution in [-0.4, -0.2) is 45.1 Å². The van der Waals surface area contributed by atoms with Crippen LogP contribution < -0.4 is 10.2 Å². The van der Waals surface area contributed by atoms with Crippen molar-refractivity contribution < 1.29 is 9.84 Å². The van der Waals surface area contributed by atoms with E-state index < -0.39 is 0 Å².